The van der Waals surface area contributed by atoms with Crippen molar-refractivity contribution in [3.05, 3.63) is 23.8 Å². The Morgan fingerprint density at radius 2 is 2.00 bits per heavy atom. The molecule has 20 heavy (non-hydrogen) atoms. The minimum atomic E-state index is -3.43. The third kappa shape index (κ3) is 4.36. The zero-order valence-electron chi connectivity index (χ0n) is 11.5. The Kier molecular flexibility index (Phi) is 4.85. The number of ether oxygens (including phenoxy) is 2. The number of hydrogen-bond donors (Lipinski definition) is 2. The van der Waals surface area contributed by atoms with Crippen LogP contribution >= 0.6 is 0 Å². The molecule has 1 unspecified atom stereocenters. The summed E-state index contributed by atoms with van der Waals surface area (Å²) in [7, 11) is -3.43. The van der Waals surface area contributed by atoms with E-state index in [9.17, 15) is 8.42 Å². The number of hydrogen-bond acceptors (Lipinski definition) is 5. The van der Waals surface area contributed by atoms with Crippen molar-refractivity contribution >= 4 is 10.0 Å². The number of fused-ring (bicyclic) bond motifs is 1. The molecule has 112 valence electrons. The number of primary sulfonamides is 1. The summed E-state index contributed by atoms with van der Waals surface area (Å²) in [5, 5.41) is 8.09. The zero-order chi connectivity index (χ0) is 14.6. The summed E-state index contributed by atoms with van der Waals surface area (Å²) in [4.78, 5) is 0. The van der Waals surface area contributed by atoms with Gasteiger partial charge in [0, 0.05) is 19.0 Å². The topological polar surface area (TPSA) is 90.7 Å². The van der Waals surface area contributed by atoms with Gasteiger partial charge in [-0.2, -0.15) is 0 Å². The van der Waals surface area contributed by atoms with Gasteiger partial charge in [-0.15, -0.1) is 0 Å². The second kappa shape index (κ2) is 6.43. The van der Waals surface area contributed by atoms with E-state index in [4.69, 9.17) is 14.6 Å². The van der Waals surface area contributed by atoms with E-state index in [-0.39, 0.29) is 11.8 Å². The summed E-state index contributed by atoms with van der Waals surface area (Å²) in [6.07, 6.45) is 0.867. The highest BCUT2D eigenvalue weighted by Gasteiger charge is 2.13. The first-order valence-corrected chi connectivity index (χ1v) is 8.31. The molecule has 1 aromatic rings. The molecular formula is C13H20N2O4S. The summed E-state index contributed by atoms with van der Waals surface area (Å²) in [5.74, 6) is 1.41. The predicted octanol–water partition coefficient (Wildman–Crippen LogP) is 0.787. The van der Waals surface area contributed by atoms with Gasteiger partial charge in [-0.3, -0.25) is 0 Å². The van der Waals surface area contributed by atoms with Crippen LogP contribution in [0.25, 0.3) is 0 Å². The van der Waals surface area contributed by atoms with Gasteiger partial charge in [0.15, 0.2) is 11.5 Å². The van der Waals surface area contributed by atoms with Gasteiger partial charge >= 0.3 is 0 Å². The van der Waals surface area contributed by atoms with Gasteiger partial charge < -0.3 is 14.8 Å². The molecule has 3 N–H and O–H groups in total. The molecule has 1 aromatic carbocycles. The van der Waals surface area contributed by atoms with Crippen LogP contribution in [0.5, 0.6) is 11.5 Å². The van der Waals surface area contributed by atoms with E-state index in [1.807, 2.05) is 25.1 Å². The summed E-state index contributed by atoms with van der Waals surface area (Å²) >= 11 is 0. The van der Waals surface area contributed by atoms with Gasteiger partial charge in [-0.1, -0.05) is 6.07 Å². The van der Waals surface area contributed by atoms with E-state index in [2.05, 4.69) is 5.32 Å². The van der Waals surface area contributed by atoms with E-state index >= 15 is 0 Å². The lowest BCUT2D eigenvalue weighted by atomic mass is 10.1. The maximum absolute atomic E-state index is 10.9. The molecule has 0 bridgehead atoms. The molecule has 0 aliphatic carbocycles. The van der Waals surface area contributed by atoms with Crippen molar-refractivity contribution < 1.29 is 17.9 Å². The van der Waals surface area contributed by atoms with Crippen LogP contribution in [0.2, 0.25) is 0 Å². The fourth-order valence-electron chi connectivity index (χ4n) is 1.98. The Balaban J connectivity index is 1.99. The molecule has 0 saturated carbocycles. The van der Waals surface area contributed by atoms with Gasteiger partial charge in [0.05, 0.1) is 19.0 Å². The summed E-state index contributed by atoms with van der Waals surface area (Å²) in [6, 6.07) is 5.76. The van der Waals surface area contributed by atoms with Gasteiger partial charge in [-0.05, 0) is 24.6 Å². The first-order chi connectivity index (χ1) is 9.46. The van der Waals surface area contributed by atoms with Crippen molar-refractivity contribution in [1.82, 2.24) is 5.32 Å². The molecule has 6 nitrogen and oxygen atoms in total. The van der Waals surface area contributed by atoms with Gasteiger partial charge in [-0.25, -0.2) is 13.6 Å². The number of nitrogens with two attached hydrogens (primary N) is 1. The molecule has 1 atom stereocenters. The molecule has 0 aromatic heterocycles. The Morgan fingerprint density at radius 3 is 2.70 bits per heavy atom. The Bertz CT molecular complexity index is 559. The van der Waals surface area contributed by atoms with Gasteiger partial charge in [0.2, 0.25) is 10.0 Å². The van der Waals surface area contributed by atoms with E-state index in [0.29, 0.717) is 19.8 Å². The lowest BCUT2D eigenvalue weighted by molar-refractivity contribution is 0.297. The Labute approximate surface area is 119 Å². The van der Waals surface area contributed by atoms with Gasteiger partial charge in [0.1, 0.15) is 0 Å². The van der Waals surface area contributed by atoms with Crippen molar-refractivity contribution in [2.75, 3.05) is 25.5 Å². The number of sulfonamides is 1. The second-order valence-corrected chi connectivity index (χ2v) is 6.53. The van der Waals surface area contributed by atoms with Crippen molar-refractivity contribution in [3.8, 4) is 11.5 Å². The Hall–Kier alpha value is -1.31. The third-order valence-electron chi connectivity index (χ3n) is 3.11. The molecule has 0 amide bonds. The standard InChI is InChI=1S/C13H20N2O4S/c1-10(15-5-8-20(14,16)17)11-3-4-12-13(9-11)19-7-2-6-18-12/h3-4,9-10,15H,2,5-8H2,1H3,(H2,14,16,17). The fourth-order valence-corrected chi connectivity index (χ4v) is 2.39. The first-order valence-electron chi connectivity index (χ1n) is 6.59. The lowest BCUT2D eigenvalue weighted by Crippen LogP contribution is -2.28. The monoisotopic (exact) mass is 300 g/mol. The minimum absolute atomic E-state index is 0.00824. The van der Waals surface area contributed by atoms with Crippen LogP contribution in [0.1, 0.15) is 24.9 Å². The summed E-state index contributed by atoms with van der Waals surface area (Å²) in [5.41, 5.74) is 1.02. The quantitative estimate of drug-likeness (QED) is 0.839. The highest BCUT2D eigenvalue weighted by atomic mass is 32.2. The third-order valence-corrected chi connectivity index (χ3v) is 3.88. The maximum atomic E-state index is 10.9. The van der Waals surface area contributed by atoms with E-state index < -0.39 is 10.0 Å². The molecular weight excluding hydrogens is 280 g/mol. The Morgan fingerprint density at radius 1 is 1.30 bits per heavy atom. The van der Waals surface area contributed by atoms with E-state index in [1.54, 1.807) is 0 Å². The second-order valence-electron chi connectivity index (χ2n) is 4.80. The zero-order valence-corrected chi connectivity index (χ0v) is 12.3. The molecule has 0 fully saturated rings. The molecule has 1 aliphatic heterocycles. The van der Waals surface area contributed by atoms with E-state index in [0.717, 1.165) is 23.5 Å². The van der Waals surface area contributed by atoms with Crippen LogP contribution in [-0.2, 0) is 10.0 Å². The van der Waals surface area contributed by atoms with Crippen molar-refractivity contribution in [2.24, 2.45) is 5.14 Å². The lowest BCUT2D eigenvalue weighted by Gasteiger charge is -2.16. The largest absolute Gasteiger partial charge is 0.490 e. The number of nitrogens with one attached hydrogen (secondary N) is 1. The van der Waals surface area contributed by atoms with Crippen LogP contribution in [0, 0.1) is 0 Å². The smallest absolute Gasteiger partial charge is 0.210 e. The summed E-state index contributed by atoms with van der Waals surface area (Å²) < 4.78 is 33.0. The first kappa shape index (κ1) is 15.1. The molecule has 0 spiro atoms. The average molecular weight is 300 g/mol. The van der Waals surface area contributed by atoms with Crippen molar-refractivity contribution in [3.63, 3.8) is 0 Å². The molecule has 2 rings (SSSR count). The van der Waals surface area contributed by atoms with Crippen LogP contribution in [0.3, 0.4) is 0 Å². The number of benzene rings is 1. The van der Waals surface area contributed by atoms with Crippen LogP contribution in [0.15, 0.2) is 18.2 Å². The molecule has 0 saturated heterocycles. The van der Waals surface area contributed by atoms with Crippen molar-refractivity contribution in [2.45, 2.75) is 19.4 Å². The predicted molar refractivity (Wildman–Crippen MR) is 76.4 cm³/mol. The summed E-state index contributed by atoms with van der Waals surface area (Å²) in [6.45, 7) is 3.58. The minimum Gasteiger partial charge on any atom is -0.490 e. The normalized spacial score (nSPS) is 16.5. The molecule has 0 radical (unpaired) electrons. The SMILES string of the molecule is CC(NCCS(N)(=O)=O)c1ccc2c(c1)OCCCO2. The number of rotatable bonds is 5. The fraction of sp³-hybridized carbons (Fsp3) is 0.538. The van der Waals surface area contributed by atoms with Crippen LogP contribution in [0.4, 0.5) is 0 Å². The highest BCUT2D eigenvalue weighted by molar-refractivity contribution is 7.89. The molecule has 1 heterocycles. The van der Waals surface area contributed by atoms with Crippen LogP contribution in [-0.4, -0.2) is 33.9 Å². The molecule has 1 aliphatic rings. The van der Waals surface area contributed by atoms with Gasteiger partial charge in [0.25, 0.3) is 0 Å². The highest BCUT2D eigenvalue weighted by Crippen LogP contribution is 2.32. The van der Waals surface area contributed by atoms with Crippen LogP contribution < -0.4 is 19.9 Å². The van der Waals surface area contributed by atoms with Crippen molar-refractivity contribution in [1.29, 1.82) is 0 Å². The average Bonchev–Trinajstić information content (AvgIpc) is 2.61. The van der Waals surface area contributed by atoms with E-state index in [1.165, 1.54) is 0 Å². The maximum Gasteiger partial charge on any atom is 0.210 e. The molecule has 7 heteroatoms.